The average molecular weight is 352 g/mol. The molecule has 1 fully saturated rings. The van der Waals surface area contributed by atoms with Crippen molar-refractivity contribution in [1.29, 1.82) is 0 Å². The van der Waals surface area contributed by atoms with Gasteiger partial charge in [-0.15, -0.1) is 0 Å². The lowest BCUT2D eigenvalue weighted by atomic mass is 9.75. The lowest BCUT2D eigenvalue weighted by Gasteiger charge is -2.39. The molecular formula is C24H33NO. The fourth-order valence-corrected chi connectivity index (χ4v) is 4.31. The molecule has 1 aliphatic heterocycles. The topological polar surface area (TPSA) is 21.3 Å². The second kappa shape index (κ2) is 8.83. The molecule has 26 heavy (non-hydrogen) atoms. The molecule has 3 rings (SSSR count). The summed E-state index contributed by atoms with van der Waals surface area (Å²) in [7, 11) is 0. The van der Waals surface area contributed by atoms with Crippen LogP contribution in [0.2, 0.25) is 0 Å². The number of nitrogens with one attached hydrogen (secondary N) is 1. The lowest BCUT2D eigenvalue weighted by Crippen LogP contribution is -2.37. The molecule has 0 aliphatic carbocycles. The van der Waals surface area contributed by atoms with Crippen LogP contribution < -0.4 is 5.32 Å². The number of benzene rings is 2. The maximum atomic E-state index is 5.97. The van der Waals surface area contributed by atoms with Crippen molar-refractivity contribution in [2.75, 3.05) is 13.2 Å². The molecule has 1 saturated heterocycles. The molecule has 2 heteroatoms. The van der Waals surface area contributed by atoms with Gasteiger partial charge in [-0.1, -0.05) is 60.7 Å². The molecule has 1 N–H and O–H groups in total. The van der Waals surface area contributed by atoms with Gasteiger partial charge in [0, 0.05) is 12.6 Å². The third-order valence-corrected chi connectivity index (χ3v) is 5.74. The van der Waals surface area contributed by atoms with E-state index >= 15 is 0 Å². The molecule has 2 aromatic rings. The van der Waals surface area contributed by atoms with Crippen LogP contribution in [0.3, 0.4) is 0 Å². The summed E-state index contributed by atoms with van der Waals surface area (Å²) < 4.78 is 5.97. The predicted molar refractivity (Wildman–Crippen MR) is 109 cm³/mol. The molecule has 0 bridgehead atoms. The minimum Gasteiger partial charge on any atom is -0.376 e. The fraction of sp³-hybridized carbons (Fsp3) is 0.500. The molecule has 1 aliphatic rings. The van der Waals surface area contributed by atoms with Crippen LogP contribution in [0.4, 0.5) is 0 Å². The van der Waals surface area contributed by atoms with Crippen LogP contribution in [0, 0.1) is 5.92 Å². The van der Waals surface area contributed by atoms with Crippen molar-refractivity contribution in [3.63, 3.8) is 0 Å². The quantitative estimate of drug-likeness (QED) is 0.689. The largest absolute Gasteiger partial charge is 0.376 e. The summed E-state index contributed by atoms with van der Waals surface area (Å²) >= 11 is 0. The van der Waals surface area contributed by atoms with Gasteiger partial charge in [-0.05, 0) is 69.5 Å². The maximum absolute atomic E-state index is 5.97. The van der Waals surface area contributed by atoms with E-state index in [2.05, 4.69) is 86.8 Å². The molecule has 0 aromatic heterocycles. The van der Waals surface area contributed by atoms with Gasteiger partial charge in [-0.3, -0.25) is 0 Å². The van der Waals surface area contributed by atoms with Crippen molar-refractivity contribution < 1.29 is 4.74 Å². The van der Waals surface area contributed by atoms with Crippen molar-refractivity contribution in [3.05, 3.63) is 71.8 Å². The van der Waals surface area contributed by atoms with Gasteiger partial charge < -0.3 is 10.1 Å². The first kappa shape index (κ1) is 19.1. The Morgan fingerprint density at radius 1 is 1.00 bits per heavy atom. The summed E-state index contributed by atoms with van der Waals surface area (Å²) in [4.78, 5) is 0. The summed E-state index contributed by atoms with van der Waals surface area (Å²) in [6.07, 6.45) is 3.47. The van der Waals surface area contributed by atoms with Gasteiger partial charge in [-0.2, -0.15) is 0 Å². The maximum Gasteiger partial charge on any atom is 0.0629 e. The zero-order chi connectivity index (χ0) is 18.4. The smallest absolute Gasteiger partial charge is 0.0629 e. The van der Waals surface area contributed by atoms with E-state index in [0.29, 0.717) is 17.9 Å². The molecule has 2 nitrogen and oxygen atoms in total. The van der Waals surface area contributed by atoms with Gasteiger partial charge in [-0.25, -0.2) is 0 Å². The number of hydrogen-bond donors (Lipinski definition) is 1. The van der Waals surface area contributed by atoms with E-state index in [1.54, 1.807) is 0 Å². The zero-order valence-corrected chi connectivity index (χ0v) is 16.4. The van der Waals surface area contributed by atoms with Crippen LogP contribution >= 0.6 is 0 Å². The van der Waals surface area contributed by atoms with E-state index in [-0.39, 0.29) is 5.60 Å². The number of rotatable bonds is 7. The predicted octanol–water partition coefficient (Wildman–Crippen LogP) is 5.72. The highest BCUT2D eigenvalue weighted by Crippen LogP contribution is 2.39. The highest BCUT2D eigenvalue weighted by atomic mass is 16.5. The van der Waals surface area contributed by atoms with Crippen LogP contribution in [-0.2, 0) is 4.74 Å². The first-order valence-corrected chi connectivity index (χ1v) is 10.0. The first-order valence-electron chi connectivity index (χ1n) is 10.0. The second-order valence-corrected chi connectivity index (χ2v) is 8.25. The van der Waals surface area contributed by atoms with Gasteiger partial charge >= 0.3 is 0 Å². The van der Waals surface area contributed by atoms with E-state index in [0.717, 1.165) is 26.0 Å². The molecule has 0 radical (unpaired) electrons. The van der Waals surface area contributed by atoms with E-state index in [4.69, 9.17) is 4.74 Å². The van der Waals surface area contributed by atoms with E-state index in [9.17, 15) is 0 Å². The van der Waals surface area contributed by atoms with Crippen LogP contribution in [-0.4, -0.2) is 18.8 Å². The van der Waals surface area contributed by atoms with Crippen molar-refractivity contribution >= 4 is 0 Å². The van der Waals surface area contributed by atoms with Crippen molar-refractivity contribution in [2.45, 2.75) is 57.6 Å². The molecule has 0 spiro atoms. The van der Waals surface area contributed by atoms with E-state index < -0.39 is 0 Å². The van der Waals surface area contributed by atoms with Gasteiger partial charge in [0.05, 0.1) is 5.60 Å². The Hall–Kier alpha value is -1.64. The molecule has 0 amide bonds. The molecule has 2 aromatic carbocycles. The second-order valence-electron chi connectivity index (χ2n) is 8.25. The normalized spacial score (nSPS) is 21.9. The Morgan fingerprint density at radius 3 is 2.23 bits per heavy atom. The summed E-state index contributed by atoms with van der Waals surface area (Å²) in [5.74, 6) is 1.28. The van der Waals surface area contributed by atoms with E-state index in [1.165, 1.54) is 17.5 Å². The molecule has 3 atom stereocenters. The standard InChI is InChI=1S/C24H33NO/c1-19(20-10-6-4-7-11-20)25-16-14-23(21-12-8-5-9-13-21)22-15-17-26-24(2,3)18-22/h4-13,19,22-23,25H,14-18H2,1-3H3/t19-,22-,23+/m1/s1. The average Bonchev–Trinajstić information content (AvgIpc) is 2.65. The third kappa shape index (κ3) is 5.18. The van der Waals surface area contributed by atoms with Crippen LogP contribution in [0.1, 0.15) is 63.1 Å². The van der Waals surface area contributed by atoms with Gasteiger partial charge in [0.2, 0.25) is 0 Å². The summed E-state index contributed by atoms with van der Waals surface area (Å²) in [5.41, 5.74) is 2.83. The highest BCUT2D eigenvalue weighted by molar-refractivity contribution is 5.21. The van der Waals surface area contributed by atoms with Crippen molar-refractivity contribution in [1.82, 2.24) is 5.32 Å². The Balaban J connectivity index is 1.64. The number of hydrogen-bond acceptors (Lipinski definition) is 2. The minimum atomic E-state index is 0.000700. The monoisotopic (exact) mass is 351 g/mol. The number of ether oxygens (including phenoxy) is 1. The highest BCUT2D eigenvalue weighted by Gasteiger charge is 2.33. The molecule has 1 heterocycles. The Bertz CT molecular complexity index is 652. The fourth-order valence-electron chi connectivity index (χ4n) is 4.31. The summed E-state index contributed by atoms with van der Waals surface area (Å²) in [5, 5.41) is 3.73. The third-order valence-electron chi connectivity index (χ3n) is 5.74. The summed E-state index contributed by atoms with van der Waals surface area (Å²) in [6, 6.07) is 22.2. The minimum absolute atomic E-state index is 0.000700. The Kier molecular flexibility index (Phi) is 6.50. The molecule has 140 valence electrons. The van der Waals surface area contributed by atoms with Crippen LogP contribution in [0.5, 0.6) is 0 Å². The van der Waals surface area contributed by atoms with Crippen LogP contribution in [0.25, 0.3) is 0 Å². The van der Waals surface area contributed by atoms with E-state index in [1.807, 2.05) is 0 Å². The Labute approximate surface area is 159 Å². The molecular weight excluding hydrogens is 318 g/mol. The van der Waals surface area contributed by atoms with Crippen LogP contribution in [0.15, 0.2) is 60.7 Å². The van der Waals surface area contributed by atoms with Crippen molar-refractivity contribution in [3.8, 4) is 0 Å². The molecule has 0 unspecified atom stereocenters. The SMILES string of the molecule is C[C@@H](NCC[C@@H](c1ccccc1)[C@@H]1CCOC(C)(C)C1)c1ccccc1. The van der Waals surface area contributed by atoms with Gasteiger partial charge in [0.15, 0.2) is 0 Å². The first-order chi connectivity index (χ1) is 12.6. The van der Waals surface area contributed by atoms with Crippen molar-refractivity contribution in [2.24, 2.45) is 5.92 Å². The van der Waals surface area contributed by atoms with Gasteiger partial charge in [0.25, 0.3) is 0 Å². The Morgan fingerprint density at radius 2 is 1.62 bits per heavy atom. The van der Waals surface area contributed by atoms with Gasteiger partial charge in [0.1, 0.15) is 0 Å². The zero-order valence-electron chi connectivity index (χ0n) is 16.4. The molecule has 0 saturated carbocycles. The summed E-state index contributed by atoms with van der Waals surface area (Å²) in [6.45, 7) is 8.64. The lowest BCUT2D eigenvalue weighted by molar-refractivity contribution is -0.0772.